The third kappa shape index (κ3) is 3.20. The van der Waals surface area contributed by atoms with E-state index in [1.165, 1.54) is 11.9 Å². The third-order valence-corrected chi connectivity index (χ3v) is 4.55. The van der Waals surface area contributed by atoms with E-state index in [2.05, 4.69) is 34.0 Å². The van der Waals surface area contributed by atoms with Crippen molar-refractivity contribution < 1.29 is 9.47 Å². The monoisotopic (exact) mass is 339 g/mol. The number of anilines is 1. The summed E-state index contributed by atoms with van der Waals surface area (Å²) in [5.41, 5.74) is 8.30. The van der Waals surface area contributed by atoms with Crippen LogP contribution < -0.4 is 5.73 Å². The molecule has 0 amide bonds. The first-order chi connectivity index (χ1) is 12.1. The van der Waals surface area contributed by atoms with E-state index in [0.717, 1.165) is 6.42 Å². The molecule has 1 aromatic carbocycles. The number of imidazole rings is 1. The first-order valence-corrected chi connectivity index (χ1v) is 8.31. The van der Waals surface area contributed by atoms with Crippen LogP contribution in [-0.2, 0) is 16.1 Å². The van der Waals surface area contributed by atoms with Crippen molar-refractivity contribution in [3.05, 3.63) is 48.5 Å². The van der Waals surface area contributed by atoms with E-state index in [1.54, 1.807) is 6.33 Å². The lowest BCUT2D eigenvalue weighted by Crippen LogP contribution is -2.23. The molecule has 4 rings (SSSR count). The molecule has 0 unspecified atom stereocenters. The molecule has 3 aromatic rings. The van der Waals surface area contributed by atoms with E-state index in [4.69, 9.17) is 15.2 Å². The normalized spacial score (nSPS) is 23.3. The molecule has 0 radical (unpaired) electrons. The molecule has 130 valence electrons. The highest BCUT2D eigenvalue weighted by atomic mass is 16.5. The molecular formula is C18H21N5O2. The average molecular weight is 339 g/mol. The van der Waals surface area contributed by atoms with Crippen molar-refractivity contribution in [3.63, 3.8) is 0 Å². The molecule has 0 aliphatic carbocycles. The largest absolute Gasteiger partial charge is 0.382 e. The number of nitrogens with two attached hydrogens (primary N) is 1. The molecule has 0 saturated carbocycles. The van der Waals surface area contributed by atoms with Gasteiger partial charge in [-0.05, 0) is 5.56 Å². The summed E-state index contributed by atoms with van der Waals surface area (Å²) in [5, 5.41) is 0. The van der Waals surface area contributed by atoms with Crippen molar-refractivity contribution >= 4 is 17.0 Å². The molecule has 0 spiro atoms. The van der Waals surface area contributed by atoms with E-state index in [0.29, 0.717) is 36.8 Å². The second-order valence-electron chi connectivity index (χ2n) is 6.84. The molecule has 0 bridgehead atoms. The first-order valence-electron chi connectivity index (χ1n) is 8.31. The van der Waals surface area contributed by atoms with Crippen LogP contribution in [0.15, 0.2) is 43.0 Å². The standard InChI is InChI=1S/C18H21N5O2/c1-18(9-24-8-13-5-3-2-4-6-13)7-14(25-10-18)23-12-22-15-16(19)20-11-21-17(15)23/h2-6,11-12,14H,7-10H2,1H3,(H2,19,20,21)/t14-,18-/m1/s1. The lowest BCUT2D eigenvalue weighted by molar-refractivity contribution is 0.0232. The number of nitrogen functional groups attached to an aromatic ring is 1. The van der Waals surface area contributed by atoms with Crippen molar-refractivity contribution in [2.24, 2.45) is 5.41 Å². The molecule has 25 heavy (non-hydrogen) atoms. The topological polar surface area (TPSA) is 88.1 Å². The third-order valence-electron chi connectivity index (χ3n) is 4.55. The second-order valence-corrected chi connectivity index (χ2v) is 6.84. The Morgan fingerprint density at radius 2 is 2.12 bits per heavy atom. The van der Waals surface area contributed by atoms with Crippen molar-refractivity contribution in [2.75, 3.05) is 18.9 Å². The Hall–Kier alpha value is -2.51. The highest BCUT2D eigenvalue weighted by molar-refractivity contribution is 5.81. The summed E-state index contributed by atoms with van der Waals surface area (Å²) in [7, 11) is 0. The maximum Gasteiger partial charge on any atom is 0.167 e. The zero-order valence-electron chi connectivity index (χ0n) is 14.1. The Morgan fingerprint density at radius 3 is 2.96 bits per heavy atom. The molecule has 2 aromatic heterocycles. The van der Waals surface area contributed by atoms with Gasteiger partial charge in [-0.3, -0.25) is 4.57 Å². The SMILES string of the molecule is C[C@@]1(COCc2ccccc2)CO[C@@H](n2cnc3c(N)ncnc32)C1. The summed E-state index contributed by atoms with van der Waals surface area (Å²) < 4.78 is 13.9. The number of rotatable bonds is 5. The minimum Gasteiger partial charge on any atom is -0.382 e. The fraction of sp³-hybridized carbons (Fsp3) is 0.389. The summed E-state index contributed by atoms with van der Waals surface area (Å²) >= 11 is 0. The molecule has 1 fully saturated rings. The van der Waals surface area contributed by atoms with Gasteiger partial charge in [-0.1, -0.05) is 37.3 Å². The van der Waals surface area contributed by atoms with E-state index in [-0.39, 0.29) is 11.6 Å². The van der Waals surface area contributed by atoms with Crippen LogP contribution in [-0.4, -0.2) is 32.7 Å². The Balaban J connectivity index is 1.42. The van der Waals surface area contributed by atoms with Gasteiger partial charge in [0.25, 0.3) is 0 Å². The molecule has 1 saturated heterocycles. The van der Waals surface area contributed by atoms with Crippen molar-refractivity contribution in [3.8, 4) is 0 Å². The van der Waals surface area contributed by atoms with Crippen LogP contribution in [0, 0.1) is 5.41 Å². The van der Waals surface area contributed by atoms with Crippen molar-refractivity contribution in [2.45, 2.75) is 26.2 Å². The molecule has 7 nitrogen and oxygen atoms in total. The molecular weight excluding hydrogens is 318 g/mol. The number of hydrogen-bond donors (Lipinski definition) is 1. The summed E-state index contributed by atoms with van der Waals surface area (Å²) in [6.07, 6.45) is 3.88. The van der Waals surface area contributed by atoms with Gasteiger partial charge in [0.05, 0.1) is 26.1 Å². The number of fused-ring (bicyclic) bond motifs is 1. The predicted molar refractivity (Wildman–Crippen MR) is 93.5 cm³/mol. The van der Waals surface area contributed by atoms with Crippen LogP contribution in [0.1, 0.15) is 25.1 Å². The lowest BCUT2D eigenvalue weighted by atomic mass is 9.90. The van der Waals surface area contributed by atoms with Gasteiger partial charge in [0.15, 0.2) is 11.5 Å². The van der Waals surface area contributed by atoms with Gasteiger partial charge in [0.1, 0.15) is 18.1 Å². The highest BCUT2D eigenvalue weighted by Crippen LogP contribution is 2.39. The average Bonchev–Trinajstić information content (AvgIpc) is 3.21. The maximum atomic E-state index is 6.01. The van der Waals surface area contributed by atoms with E-state index < -0.39 is 0 Å². The number of hydrogen-bond acceptors (Lipinski definition) is 6. The minimum atomic E-state index is -0.121. The molecule has 3 heterocycles. The van der Waals surface area contributed by atoms with Crippen LogP contribution >= 0.6 is 0 Å². The number of aromatic nitrogens is 4. The Labute approximate surface area is 145 Å². The zero-order chi connectivity index (χ0) is 17.3. The summed E-state index contributed by atoms with van der Waals surface area (Å²) in [6, 6.07) is 10.2. The molecule has 1 aliphatic heterocycles. The molecule has 2 atom stereocenters. The Bertz CT molecular complexity index is 866. The van der Waals surface area contributed by atoms with Gasteiger partial charge < -0.3 is 15.2 Å². The highest BCUT2D eigenvalue weighted by Gasteiger charge is 2.38. The first kappa shape index (κ1) is 16.0. The second kappa shape index (κ2) is 6.42. The van der Waals surface area contributed by atoms with Gasteiger partial charge in [-0.25, -0.2) is 15.0 Å². The fourth-order valence-electron chi connectivity index (χ4n) is 3.19. The van der Waals surface area contributed by atoms with Crippen LogP contribution in [0.25, 0.3) is 11.2 Å². The van der Waals surface area contributed by atoms with Gasteiger partial charge in [-0.2, -0.15) is 0 Å². The molecule has 2 N–H and O–H groups in total. The van der Waals surface area contributed by atoms with Gasteiger partial charge in [0, 0.05) is 11.8 Å². The van der Waals surface area contributed by atoms with Crippen molar-refractivity contribution in [1.29, 1.82) is 0 Å². The van der Waals surface area contributed by atoms with Gasteiger partial charge >= 0.3 is 0 Å². The Kier molecular flexibility index (Phi) is 4.10. The number of ether oxygens (including phenoxy) is 2. The summed E-state index contributed by atoms with van der Waals surface area (Å²) in [4.78, 5) is 12.6. The van der Waals surface area contributed by atoms with E-state index in [9.17, 15) is 0 Å². The van der Waals surface area contributed by atoms with E-state index in [1.807, 2.05) is 22.8 Å². The summed E-state index contributed by atoms with van der Waals surface area (Å²) in [5.74, 6) is 0.385. The van der Waals surface area contributed by atoms with Crippen LogP contribution in [0.4, 0.5) is 5.82 Å². The lowest BCUT2D eigenvalue weighted by Gasteiger charge is -2.21. The smallest absolute Gasteiger partial charge is 0.167 e. The minimum absolute atomic E-state index is 0.0470. The quantitative estimate of drug-likeness (QED) is 0.768. The zero-order valence-corrected chi connectivity index (χ0v) is 14.1. The van der Waals surface area contributed by atoms with Crippen molar-refractivity contribution in [1.82, 2.24) is 19.5 Å². The maximum absolute atomic E-state index is 6.01. The summed E-state index contributed by atoms with van der Waals surface area (Å²) in [6.45, 7) is 4.06. The van der Waals surface area contributed by atoms with Crippen LogP contribution in [0.2, 0.25) is 0 Å². The number of nitrogens with zero attached hydrogens (tertiary/aromatic N) is 4. The van der Waals surface area contributed by atoms with E-state index >= 15 is 0 Å². The van der Waals surface area contributed by atoms with Crippen LogP contribution in [0.3, 0.4) is 0 Å². The predicted octanol–water partition coefficient (Wildman–Crippen LogP) is 2.55. The molecule has 7 heteroatoms. The number of benzene rings is 1. The van der Waals surface area contributed by atoms with Crippen LogP contribution in [0.5, 0.6) is 0 Å². The van der Waals surface area contributed by atoms with Gasteiger partial charge in [0.2, 0.25) is 0 Å². The molecule has 1 aliphatic rings. The Morgan fingerprint density at radius 1 is 1.28 bits per heavy atom. The fourth-order valence-corrected chi connectivity index (χ4v) is 3.19. The van der Waals surface area contributed by atoms with Gasteiger partial charge in [-0.15, -0.1) is 0 Å².